The van der Waals surface area contributed by atoms with Gasteiger partial charge in [-0.3, -0.25) is 4.79 Å². The topological polar surface area (TPSA) is 93.2 Å². The Bertz CT molecular complexity index is 1410. The van der Waals surface area contributed by atoms with Crippen molar-refractivity contribution in [2.75, 3.05) is 39.3 Å². The van der Waals surface area contributed by atoms with E-state index in [1.54, 1.807) is 16.7 Å². The van der Waals surface area contributed by atoms with E-state index in [1.165, 1.54) is 30.0 Å². The zero-order valence-electron chi connectivity index (χ0n) is 25.2. The number of carboxylic acids is 1. The molecule has 8 nitrogen and oxygen atoms in total. The third-order valence-corrected chi connectivity index (χ3v) is 8.59. The van der Waals surface area contributed by atoms with Gasteiger partial charge >= 0.3 is 30.4 Å². The van der Waals surface area contributed by atoms with Crippen LogP contribution in [-0.2, 0) is 17.1 Å². The fourth-order valence-electron chi connectivity index (χ4n) is 5.98. The number of rotatable bonds is 6. The Morgan fingerprint density at radius 1 is 0.913 bits per heavy atom. The smallest absolute Gasteiger partial charge is 0.416 e. The van der Waals surface area contributed by atoms with E-state index in [9.17, 15) is 45.1 Å². The Balaban J connectivity index is 1.49. The molecule has 4 rings (SSSR count). The molecule has 0 radical (unpaired) electrons. The zero-order chi connectivity index (χ0) is 34.0. The van der Waals surface area contributed by atoms with E-state index in [4.69, 9.17) is 5.11 Å². The number of aliphatic carboxylic acids is 1. The van der Waals surface area contributed by atoms with Crippen LogP contribution in [0.3, 0.4) is 0 Å². The van der Waals surface area contributed by atoms with Gasteiger partial charge in [-0.25, -0.2) is 14.0 Å². The summed E-state index contributed by atoms with van der Waals surface area (Å²) in [5, 5.41) is 11.7. The van der Waals surface area contributed by atoms with Crippen molar-refractivity contribution in [3.05, 3.63) is 70.0 Å². The van der Waals surface area contributed by atoms with Crippen LogP contribution in [0.2, 0.25) is 0 Å². The monoisotopic (exact) mass is 660 g/mol. The van der Waals surface area contributed by atoms with Gasteiger partial charge < -0.3 is 25.1 Å². The summed E-state index contributed by atoms with van der Waals surface area (Å²) in [5.41, 5.74) is -2.07. The van der Waals surface area contributed by atoms with Crippen molar-refractivity contribution in [1.82, 2.24) is 20.0 Å². The maximum absolute atomic E-state index is 14.0. The van der Waals surface area contributed by atoms with E-state index in [0.29, 0.717) is 49.2 Å². The molecule has 2 atom stereocenters. The molecule has 2 saturated heterocycles. The molecule has 2 N–H and O–H groups in total. The van der Waals surface area contributed by atoms with Crippen molar-refractivity contribution < 1.29 is 50.2 Å². The Hall–Kier alpha value is -4.04. The summed E-state index contributed by atoms with van der Waals surface area (Å²) in [6.07, 6.45) is -8.92. The van der Waals surface area contributed by atoms with Crippen LogP contribution in [0.1, 0.15) is 66.0 Å². The van der Waals surface area contributed by atoms with Gasteiger partial charge in [-0.15, -0.1) is 0 Å². The lowest BCUT2D eigenvalue weighted by atomic mass is 9.93. The van der Waals surface area contributed by atoms with Crippen LogP contribution in [0.5, 0.6) is 0 Å². The number of alkyl halides is 6. The number of urea groups is 2. The van der Waals surface area contributed by atoms with E-state index >= 15 is 0 Å². The summed E-state index contributed by atoms with van der Waals surface area (Å²) in [6, 6.07) is 3.66. The van der Waals surface area contributed by atoms with Crippen LogP contribution < -0.4 is 5.32 Å². The summed E-state index contributed by atoms with van der Waals surface area (Å²) in [6.45, 7) is 3.75. The molecule has 2 fully saturated rings. The molecule has 15 heteroatoms. The lowest BCUT2D eigenvalue weighted by Gasteiger charge is -2.44. The molecular weight excluding hydrogens is 625 g/mol. The second-order valence-electron chi connectivity index (χ2n) is 11.9. The minimum Gasteiger partial charge on any atom is -0.481 e. The number of piperazine rings is 1. The molecule has 0 spiro atoms. The number of amides is 4. The predicted octanol–water partition coefficient (Wildman–Crippen LogP) is 6.65. The number of halogens is 7. The van der Waals surface area contributed by atoms with Gasteiger partial charge in [-0.2, -0.15) is 26.3 Å². The first-order valence-corrected chi connectivity index (χ1v) is 14.8. The molecule has 4 amide bonds. The van der Waals surface area contributed by atoms with Crippen molar-refractivity contribution in [1.29, 1.82) is 0 Å². The number of carbonyl (C=O) groups is 3. The average molecular weight is 661 g/mol. The first-order valence-electron chi connectivity index (χ1n) is 14.8. The molecule has 46 heavy (non-hydrogen) atoms. The average Bonchev–Trinajstić information content (AvgIpc) is 2.98. The normalized spacial score (nSPS) is 18.8. The number of piperidine rings is 1. The first-order chi connectivity index (χ1) is 21.4. The number of carboxylic acid groups (broad SMARTS) is 1. The number of aryl methyl sites for hydroxylation is 1. The summed E-state index contributed by atoms with van der Waals surface area (Å²) < 4.78 is 94.2. The molecule has 2 aliphatic heterocycles. The summed E-state index contributed by atoms with van der Waals surface area (Å²) >= 11 is 0. The van der Waals surface area contributed by atoms with Gasteiger partial charge in [0.25, 0.3) is 0 Å². The molecule has 0 aliphatic carbocycles. The van der Waals surface area contributed by atoms with Gasteiger partial charge in [0.05, 0.1) is 17.2 Å². The number of nitrogens with zero attached hydrogens (tertiary/aromatic N) is 3. The van der Waals surface area contributed by atoms with Crippen LogP contribution in [0, 0.1) is 18.7 Å². The van der Waals surface area contributed by atoms with Crippen molar-refractivity contribution in [2.24, 2.45) is 5.92 Å². The third kappa shape index (κ3) is 8.40. The molecule has 2 heterocycles. The molecule has 0 bridgehead atoms. The van der Waals surface area contributed by atoms with Crippen LogP contribution in [0.4, 0.5) is 40.3 Å². The highest BCUT2D eigenvalue weighted by atomic mass is 19.4. The number of hydrogen-bond donors (Lipinski definition) is 2. The molecule has 252 valence electrons. The number of nitrogens with one attached hydrogen (secondary N) is 1. The Labute approximate surface area is 261 Å². The van der Waals surface area contributed by atoms with Crippen molar-refractivity contribution >= 4 is 18.0 Å². The van der Waals surface area contributed by atoms with Gasteiger partial charge in [-0.1, -0.05) is 13.0 Å². The highest BCUT2D eigenvalue weighted by Gasteiger charge is 2.39. The summed E-state index contributed by atoms with van der Waals surface area (Å²) in [7, 11) is 0. The fraction of sp³-hybridized carbons (Fsp3) is 0.516. The molecular formula is C31H35F7N4O4. The minimum absolute atomic E-state index is 0.0254. The maximum atomic E-state index is 14.0. The standard InChI is InChI=1S/C31H35F7N4O4/c1-18-11-24(32)3-4-25(18)26-17-41(29(46)40-7-5-20(6-8-40)12-27(43)44)9-10-42(26)28(45)39-16-19(2)21-13-22(30(33,34)35)15-23(14-21)31(36,37)38/h3-4,11,13-15,19-20,26H,5-10,12,16-17H2,1-2H3,(H,39,45)(H,43,44)/t19-,26?/m0/s1. The first kappa shape index (κ1) is 34.8. The SMILES string of the molecule is Cc1cc(F)ccc1C1CN(C(=O)N2CCC(CC(=O)O)CC2)CCN1C(=O)NC[C@H](C)c1cc(C(F)(F)F)cc(C(F)(F)F)c1. The molecule has 2 aromatic carbocycles. The van der Waals surface area contributed by atoms with Gasteiger partial charge in [0.2, 0.25) is 0 Å². The number of hydrogen-bond acceptors (Lipinski definition) is 3. The Kier molecular flexibility index (Phi) is 10.4. The molecule has 2 aromatic rings. The van der Waals surface area contributed by atoms with Crippen molar-refractivity contribution in [2.45, 2.75) is 57.4 Å². The van der Waals surface area contributed by atoms with Crippen LogP contribution in [0.15, 0.2) is 36.4 Å². The van der Waals surface area contributed by atoms with E-state index in [2.05, 4.69) is 5.32 Å². The Morgan fingerprint density at radius 3 is 2.07 bits per heavy atom. The lowest BCUT2D eigenvalue weighted by molar-refractivity contribution is -0.143. The molecule has 0 saturated carbocycles. The second kappa shape index (κ2) is 13.8. The number of likely N-dealkylation sites (tertiary alicyclic amines) is 1. The Morgan fingerprint density at radius 2 is 1.52 bits per heavy atom. The largest absolute Gasteiger partial charge is 0.481 e. The zero-order valence-corrected chi connectivity index (χ0v) is 25.2. The van der Waals surface area contributed by atoms with Gasteiger partial charge in [-0.05, 0) is 78.6 Å². The summed E-state index contributed by atoms with van der Waals surface area (Å²) in [5.74, 6) is -2.36. The number of benzene rings is 2. The second-order valence-corrected chi connectivity index (χ2v) is 11.9. The minimum atomic E-state index is -5.01. The van der Waals surface area contributed by atoms with Gasteiger partial charge in [0.15, 0.2) is 0 Å². The van der Waals surface area contributed by atoms with E-state index in [-0.39, 0.29) is 56.2 Å². The highest BCUT2D eigenvalue weighted by Crippen LogP contribution is 2.38. The van der Waals surface area contributed by atoms with E-state index in [1.807, 2.05) is 0 Å². The molecule has 0 aromatic heterocycles. The predicted molar refractivity (Wildman–Crippen MR) is 152 cm³/mol. The molecule has 1 unspecified atom stereocenters. The van der Waals surface area contributed by atoms with Crippen molar-refractivity contribution in [3.63, 3.8) is 0 Å². The lowest BCUT2D eigenvalue weighted by Crippen LogP contribution is -2.58. The third-order valence-electron chi connectivity index (χ3n) is 8.59. The number of carbonyl (C=O) groups excluding carboxylic acids is 2. The van der Waals surface area contributed by atoms with Crippen LogP contribution >= 0.6 is 0 Å². The van der Waals surface area contributed by atoms with E-state index < -0.39 is 53.3 Å². The maximum Gasteiger partial charge on any atom is 0.416 e. The van der Waals surface area contributed by atoms with Gasteiger partial charge in [0, 0.05) is 45.7 Å². The van der Waals surface area contributed by atoms with Gasteiger partial charge in [0.1, 0.15) is 5.82 Å². The highest BCUT2D eigenvalue weighted by molar-refractivity contribution is 5.77. The van der Waals surface area contributed by atoms with Crippen LogP contribution in [-0.4, -0.2) is 77.1 Å². The van der Waals surface area contributed by atoms with E-state index in [0.717, 1.165) is 0 Å². The quantitative estimate of drug-likeness (QED) is 0.340. The van der Waals surface area contributed by atoms with Crippen LogP contribution in [0.25, 0.3) is 0 Å². The summed E-state index contributed by atoms with van der Waals surface area (Å²) in [4.78, 5) is 42.6. The fourth-order valence-corrected chi connectivity index (χ4v) is 5.98. The van der Waals surface area contributed by atoms with Crippen molar-refractivity contribution in [3.8, 4) is 0 Å². The molecule has 2 aliphatic rings.